The second kappa shape index (κ2) is 8.35. The van der Waals surface area contributed by atoms with Gasteiger partial charge in [-0.2, -0.15) is 0 Å². The molecule has 0 bridgehead atoms. The first kappa shape index (κ1) is 14.3. The number of hydrogen-bond donors (Lipinski definition) is 0. The van der Waals surface area contributed by atoms with Gasteiger partial charge in [0.05, 0.1) is 12.9 Å². The van der Waals surface area contributed by atoms with Crippen LogP contribution in [0.4, 0.5) is 0 Å². The minimum Gasteiger partial charge on any atom is -0.501 e. The molecule has 2 heteroatoms. The quantitative estimate of drug-likeness (QED) is 0.449. The lowest BCUT2D eigenvalue weighted by molar-refractivity contribution is 0.247. The fourth-order valence-corrected chi connectivity index (χ4v) is 1.98. The highest BCUT2D eigenvalue weighted by Crippen LogP contribution is 2.29. The number of methoxy groups -OCH3 is 1. The van der Waals surface area contributed by atoms with Crippen molar-refractivity contribution in [3.63, 3.8) is 0 Å². The van der Waals surface area contributed by atoms with E-state index >= 15 is 0 Å². The van der Waals surface area contributed by atoms with Crippen LogP contribution in [0.25, 0.3) is 0 Å². The molecule has 0 heterocycles. The average Bonchev–Trinajstić information content (AvgIpc) is 3.16. The van der Waals surface area contributed by atoms with Gasteiger partial charge in [-0.3, -0.25) is 0 Å². The third-order valence-electron chi connectivity index (χ3n) is 3.29. The van der Waals surface area contributed by atoms with Gasteiger partial charge in [-0.15, -0.1) is 0 Å². The fourth-order valence-electron chi connectivity index (χ4n) is 1.98. The van der Waals surface area contributed by atoms with Crippen molar-refractivity contribution in [2.75, 3.05) is 26.7 Å². The standard InChI is InChI=1S/C15H27NO/c1-4-6-8-15(17-3)9-7-12-16(5-2)13-14-10-11-14/h4,6,8,14H,5,7,9-13H2,1-3H3/b6-4-,15-8+. The Morgan fingerprint density at radius 2 is 2.18 bits per heavy atom. The van der Waals surface area contributed by atoms with Crippen molar-refractivity contribution in [3.8, 4) is 0 Å². The molecule has 1 aliphatic carbocycles. The van der Waals surface area contributed by atoms with Crippen LogP contribution in [0.3, 0.4) is 0 Å². The summed E-state index contributed by atoms with van der Waals surface area (Å²) in [5.41, 5.74) is 0. The maximum atomic E-state index is 5.35. The van der Waals surface area contributed by atoms with Crippen LogP contribution in [0.1, 0.15) is 39.5 Å². The average molecular weight is 237 g/mol. The van der Waals surface area contributed by atoms with Gasteiger partial charge >= 0.3 is 0 Å². The maximum absolute atomic E-state index is 5.35. The minimum atomic E-state index is 0.996. The van der Waals surface area contributed by atoms with E-state index in [1.165, 1.54) is 38.9 Å². The summed E-state index contributed by atoms with van der Waals surface area (Å²) in [6, 6.07) is 0. The Labute approximate surface area is 106 Å². The van der Waals surface area contributed by atoms with Crippen LogP contribution in [0.2, 0.25) is 0 Å². The molecular weight excluding hydrogens is 210 g/mol. The molecule has 0 radical (unpaired) electrons. The lowest BCUT2D eigenvalue weighted by Crippen LogP contribution is -2.26. The van der Waals surface area contributed by atoms with E-state index in [2.05, 4.69) is 17.9 Å². The SMILES string of the molecule is C/C=C\C=C(/CCCN(CC)CC1CC1)OC. The molecule has 0 aromatic rings. The van der Waals surface area contributed by atoms with E-state index in [4.69, 9.17) is 4.74 Å². The highest BCUT2D eigenvalue weighted by atomic mass is 16.5. The molecule has 0 unspecified atom stereocenters. The molecule has 98 valence electrons. The number of nitrogens with zero attached hydrogens (tertiary/aromatic N) is 1. The van der Waals surface area contributed by atoms with E-state index in [9.17, 15) is 0 Å². The Morgan fingerprint density at radius 3 is 2.71 bits per heavy atom. The van der Waals surface area contributed by atoms with Crippen molar-refractivity contribution >= 4 is 0 Å². The Bertz CT molecular complexity index is 254. The second-order valence-corrected chi connectivity index (χ2v) is 4.80. The summed E-state index contributed by atoms with van der Waals surface area (Å²) in [5.74, 6) is 2.08. The minimum absolute atomic E-state index is 0.996. The highest BCUT2D eigenvalue weighted by Gasteiger charge is 2.23. The first-order valence-corrected chi connectivity index (χ1v) is 6.88. The highest BCUT2D eigenvalue weighted by molar-refractivity contribution is 5.06. The van der Waals surface area contributed by atoms with E-state index in [-0.39, 0.29) is 0 Å². The van der Waals surface area contributed by atoms with E-state index in [1.807, 2.05) is 19.1 Å². The molecule has 0 aliphatic heterocycles. The lowest BCUT2D eigenvalue weighted by atomic mass is 10.2. The van der Waals surface area contributed by atoms with Crippen molar-refractivity contribution in [2.24, 2.45) is 5.92 Å². The van der Waals surface area contributed by atoms with Gasteiger partial charge in [0, 0.05) is 13.0 Å². The van der Waals surface area contributed by atoms with Gasteiger partial charge in [-0.25, -0.2) is 0 Å². The summed E-state index contributed by atoms with van der Waals surface area (Å²) < 4.78 is 5.35. The predicted octanol–water partition coefficient (Wildman–Crippen LogP) is 3.60. The number of allylic oxidation sites excluding steroid dienone is 4. The van der Waals surface area contributed by atoms with Crippen molar-refractivity contribution in [1.29, 1.82) is 0 Å². The molecular formula is C15H27NO. The molecule has 0 spiro atoms. The van der Waals surface area contributed by atoms with Crippen LogP contribution in [0.5, 0.6) is 0 Å². The van der Waals surface area contributed by atoms with E-state index in [0.29, 0.717) is 0 Å². The zero-order chi connectivity index (χ0) is 12.5. The topological polar surface area (TPSA) is 12.5 Å². The Kier molecular flexibility index (Phi) is 7.02. The van der Waals surface area contributed by atoms with Gasteiger partial charge < -0.3 is 9.64 Å². The largest absolute Gasteiger partial charge is 0.501 e. The van der Waals surface area contributed by atoms with Crippen molar-refractivity contribution < 1.29 is 4.74 Å². The second-order valence-electron chi connectivity index (χ2n) is 4.80. The summed E-state index contributed by atoms with van der Waals surface area (Å²) in [6.45, 7) is 7.96. The Morgan fingerprint density at radius 1 is 1.41 bits per heavy atom. The van der Waals surface area contributed by atoms with Crippen LogP contribution < -0.4 is 0 Å². The van der Waals surface area contributed by atoms with E-state index < -0.39 is 0 Å². The molecule has 2 nitrogen and oxygen atoms in total. The number of hydrogen-bond acceptors (Lipinski definition) is 2. The van der Waals surface area contributed by atoms with E-state index in [0.717, 1.165) is 18.1 Å². The normalized spacial score (nSPS) is 17.1. The van der Waals surface area contributed by atoms with E-state index in [1.54, 1.807) is 7.11 Å². The molecule has 1 rings (SSSR count). The van der Waals surface area contributed by atoms with Crippen molar-refractivity contribution in [2.45, 2.75) is 39.5 Å². The third-order valence-corrected chi connectivity index (χ3v) is 3.29. The third kappa shape index (κ3) is 6.52. The summed E-state index contributed by atoms with van der Waals surface area (Å²) in [6.07, 6.45) is 11.3. The van der Waals surface area contributed by atoms with Crippen LogP contribution >= 0.6 is 0 Å². The van der Waals surface area contributed by atoms with Crippen LogP contribution in [-0.2, 0) is 4.74 Å². The molecule has 1 aliphatic rings. The Balaban J connectivity index is 2.18. The number of rotatable bonds is 9. The molecule has 17 heavy (non-hydrogen) atoms. The molecule has 0 aromatic carbocycles. The smallest absolute Gasteiger partial charge is 0.0955 e. The zero-order valence-corrected chi connectivity index (χ0v) is 11.6. The molecule has 1 fully saturated rings. The van der Waals surface area contributed by atoms with Crippen LogP contribution in [0.15, 0.2) is 24.0 Å². The van der Waals surface area contributed by atoms with Gasteiger partial charge in [0.25, 0.3) is 0 Å². The number of ether oxygens (including phenoxy) is 1. The van der Waals surface area contributed by atoms with Gasteiger partial charge in [0.1, 0.15) is 0 Å². The predicted molar refractivity (Wildman–Crippen MR) is 74.0 cm³/mol. The Hall–Kier alpha value is -0.760. The van der Waals surface area contributed by atoms with Crippen LogP contribution in [-0.4, -0.2) is 31.6 Å². The van der Waals surface area contributed by atoms with Crippen molar-refractivity contribution in [1.82, 2.24) is 4.90 Å². The maximum Gasteiger partial charge on any atom is 0.0955 e. The molecule has 0 saturated heterocycles. The van der Waals surface area contributed by atoms with Gasteiger partial charge in [0.15, 0.2) is 0 Å². The monoisotopic (exact) mass is 237 g/mol. The summed E-state index contributed by atoms with van der Waals surface area (Å²) in [4.78, 5) is 2.57. The summed E-state index contributed by atoms with van der Waals surface area (Å²) >= 11 is 0. The summed E-state index contributed by atoms with van der Waals surface area (Å²) in [5, 5.41) is 0. The van der Waals surface area contributed by atoms with Gasteiger partial charge in [-0.05, 0) is 51.3 Å². The van der Waals surface area contributed by atoms with Crippen molar-refractivity contribution in [3.05, 3.63) is 24.0 Å². The van der Waals surface area contributed by atoms with Gasteiger partial charge in [0.2, 0.25) is 0 Å². The first-order valence-electron chi connectivity index (χ1n) is 6.88. The first-order chi connectivity index (χ1) is 8.30. The lowest BCUT2D eigenvalue weighted by Gasteiger charge is -2.20. The fraction of sp³-hybridized carbons (Fsp3) is 0.733. The summed E-state index contributed by atoms with van der Waals surface area (Å²) in [7, 11) is 1.76. The molecule has 0 atom stereocenters. The molecule has 0 amide bonds. The molecule has 1 saturated carbocycles. The molecule has 0 aromatic heterocycles. The molecule has 0 N–H and O–H groups in total. The van der Waals surface area contributed by atoms with Gasteiger partial charge in [-0.1, -0.05) is 19.1 Å². The van der Waals surface area contributed by atoms with Crippen LogP contribution in [0, 0.1) is 5.92 Å². The zero-order valence-electron chi connectivity index (χ0n) is 11.6.